The molecule has 3 atom stereocenters. The number of nitriles is 1. The van der Waals surface area contributed by atoms with Crippen molar-refractivity contribution in [1.82, 2.24) is 24.8 Å². The molecule has 3 aliphatic rings. The second kappa shape index (κ2) is 12.5. The number of piperidine rings is 1. The highest BCUT2D eigenvalue weighted by Crippen LogP contribution is 2.35. The summed E-state index contributed by atoms with van der Waals surface area (Å²) in [6.07, 6.45) is 3.23. The lowest BCUT2D eigenvalue weighted by molar-refractivity contribution is -0.0592. The minimum Gasteiger partial charge on any atom is -0.473 e. The average molecular weight is 610 g/mol. The van der Waals surface area contributed by atoms with Gasteiger partial charge in [-0.15, -0.1) is 0 Å². The van der Waals surface area contributed by atoms with Crippen LogP contribution in [0.2, 0.25) is 0 Å². The van der Waals surface area contributed by atoms with Crippen molar-refractivity contribution in [3.63, 3.8) is 0 Å². The highest BCUT2D eigenvalue weighted by atomic mass is 19.1. The lowest BCUT2D eigenvalue weighted by Crippen LogP contribution is -2.41. The minimum atomic E-state index is -0.463. The zero-order chi connectivity index (χ0) is 30.9. The van der Waals surface area contributed by atoms with Crippen molar-refractivity contribution in [1.29, 1.82) is 5.26 Å². The van der Waals surface area contributed by atoms with Crippen LogP contribution in [0.25, 0.3) is 11.0 Å². The molecule has 2 bridgehead atoms. The molecule has 3 fully saturated rings. The molecule has 11 heteroatoms. The van der Waals surface area contributed by atoms with Gasteiger partial charge in [0.1, 0.15) is 24.1 Å². The number of pyridine rings is 1. The number of nitrogens with one attached hydrogen (secondary N) is 1. The summed E-state index contributed by atoms with van der Waals surface area (Å²) in [5.41, 5.74) is 3.15. The van der Waals surface area contributed by atoms with Crippen LogP contribution in [0.5, 0.6) is 5.88 Å². The Balaban J connectivity index is 1.06. The van der Waals surface area contributed by atoms with Crippen molar-refractivity contribution in [2.24, 2.45) is 0 Å². The molecule has 0 unspecified atom stereocenters. The fourth-order valence-electron chi connectivity index (χ4n) is 6.66. The number of hydrogen-bond acceptors (Lipinski definition) is 8. The quantitative estimate of drug-likeness (QED) is 0.282. The van der Waals surface area contributed by atoms with E-state index in [0.717, 1.165) is 74.7 Å². The number of fused-ring (bicyclic) bond motifs is 3. The van der Waals surface area contributed by atoms with E-state index in [1.807, 2.05) is 43.3 Å². The minimum absolute atomic E-state index is 0.0332. The third kappa shape index (κ3) is 5.95. The molecule has 7 rings (SSSR count). The standard InChI is InChI=1S/C34H36FN7O3/c1-2-37-34(43)23-8-9-29-30(15-23)42(19-27-11-13-44-27)32(38-29)20-40-12-10-25-16-26(40)18-41(25)31-4-3-5-33(39-31)45-21-24-7-6-22(17-36)14-28(24)35/h3-9,14-15,25-27H,2,10-13,16,18-21H2,1H3,(H,37,43)/t25-,26+,27+/m0/s1. The first kappa shape index (κ1) is 29.2. The normalized spacial score (nSPS) is 21.0. The van der Waals surface area contributed by atoms with Gasteiger partial charge >= 0.3 is 0 Å². The molecule has 45 heavy (non-hydrogen) atoms. The molecule has 1 amide bonds. The van der Waals surface area contributed by atoms with Crippen LogP contribution in [0.4, 0.5) is 10.2 Å². The molecule has 3 aliphatic heterocycles. The Kier molecular flexibility index (Phi) is 8.08. The molecule has 3 saturated heterocycles. The molecule has 0 saturated carbocycles. The van der Waals surface area contributed by atoms with E-state index in [1.165, 1.54) is 6.07 Å². The number of carbonyl (C=O) groups excluding carboxylic acids is 1. The summed E-state index contributed by atoms with van der Waals surface area (Å²) in [6.45, 7) is 6.56. The van der Waals surface area contributed by atoms with E-state index < -0.39 is 5.82 Å². The van der Waals surface area contributed by atoms with E-state index >= 15 is 0 Å². The first-order valence-electron chi connectivity index (χ1n) is 15.7. The molecule has 0 spiro atoms. The van der Waals surface area contributed by atoms with Gasteiger partial charge in [-0.25, -0.2) is 9.37 Å². The Morgan fingerprint density at radius 3 is 2.82 bits per heavy atom. The second-order valence-corrected chi connectivity index (χ2v) is 12.0. The van der Waals surface area contributed by atoms with Crippen molar-refractivity contribution < 1.29 is 18.7 Å². The van der Waals surface area contributed by atoms with Crippen LogP contribution in [0.3, 0.4) is 0 Å². The molecule has 232 valence electrons. The monoisotopic (exact) mass is 609 g/mol. The van der Waals surface area contributed by atoms with E-state index in [4.69, 9.17) is 24.7 Å². The van der Waals surface area contributed by atoms with Crippen LogP contribution >= 0.6 is 0 Å². The first-order valence-corrected chi connectivity index (χ1v) is 15.7. The van der Waals surface area contributed by atoms with Gasteiger partial charge in [-0.2, -0.15) is 10.2 Å². The van der Waals surface area contributed by atoms with Gasteiger partial charge in [-0.05, 0) is 62.6 Å². The zero-order valence-corrected chi connectivity index (χ0v) is 25.3. The van der Waals surface area contributed by atoms with Gasteiger partial charge in [0, 0.05) is 55.5 Å². The first-order chi connectivity index (χ1) is 22.0. The number of aromatic nitrogens is 3. The average Bonchev–Trinajstić information content (AvgIpc) is 3.56. The smallest absolute Gasteiger partial charge is 0.251 e. The van der Waals surface area contributed by atoms with Crippen LogP contribution in [-0.2, 0) is 24.4 Å². The number of halogens is 1. The Bertz CT molecular complexity index is 1760. The largest absolute Gasteiger partial charge is 0.473 e. The van der Waals surface area contributed by atoms with Crippen LogP contribution < -0.4 is 15.0 Å². The maximum atomic E-state index is 14.4. The summed E-state index contributed by atoms with van der Waals surface area (Å²) in [5, 5.41) is 11.9. The highest BCUT2D eigenvalue weighted by Gasteiger charge is 2.40. The number of ether oxygens (including phenoxy) is 2. The Hall–Kier alpha value is -4.53. The number of likely N-dealkylation sites (tertiary alicyclic amines) is 1. The maximum Gasteiger partial charge on any atom is 0.251 e. The fraction of sp³-hybridized carbons (Fsp3) is 0.412. The number of hydrogen-bond donors (Lipinski definition) is 1. The number of anilines is 1. The highest BCUT2D eigenvalue weighted by molar-refractivity contribution is 5.97. The molecule has 5 heterocycles. The summed E-state index contributed by atoms with van der Waals surface area (Å²) < 4.78 is 28.3. The van der Waals surface area contributed by atoms with Gasteiger partial charge in [0.15, 0.2) is 0 Å². The number of benzene rings is 2. The van der Waals surface area contributed by atoms with Crippen molar-refractivity contribution in [3.05, 3.63) is 82.9 Å². The predicted octanol–water partition coefficient (Wildman–Crippen LogP) is 4.41. The molecule has 2 aromatic heterocycles. The summed E-state index contributed by atoms with van der Waals surface area (Å²) in [6, 6.07) is 18.5. The number of imidazole rings is 1. The molecule has 1 N–H and O–H groups in total. The number of amides is 1. The maximum absolute atomic E-state index is 14.4. The SMILES string of the molecule is CCNC(=O)c1ccc2nc(CN3CC[C@H]4C[C@@H]3CN4c3cccc(OCc4ccc(C#N)cc4F)n3)n(C[C@H]3CCO3)c2c1. The Morgan fingerprint density at radius 1 is 1.16 bits per heavy atom. The molecular weight excluding hydrogens is 573 g/mol. The second-order valence-electron chi connectivity index (χ2n) is 12.0. The van der Waals surface area contributed by atoms with Gasteiger partial charge in [0.05, 0.1) is 41.9 Å². The third-order valence-corrected chi connectivity index (χ3v) is 9.17. The zero-order valence-electron chi connectivity index (χ0n) is 25.3. The van der Waals surface area contributed by atoms with Crippen LogP contribution in [0, 0.1) is 17.1 Å². The Morgan fingerprint density at radius 2 is 2.04 bits per heavy atom. The van der Waals surface area contributed by atoms with E-state index in [2.05, 4.69) is 19.7 Å². The van der Waals surface area contributed by atoms with Crippen molar-refractivity contribution in [3.8, 4) is 11.9 Å². The Labute approximate surface area is 261 Å². The molecule has 2 aromatic carbocycles. The van der Waals surface area contributed by atoms with Gasteiger partial charge in [0.25, 0.3) is 5.91 Å². The molecule has 4 aromatic rings. The van der Waals surface area contributed by atoms with Crippen LogP contribution in [0.1, 0.15) is 53.5 Å². The van der Waals surface area contributed by atoms with Crippen LogP contribution in [-0.4, -0.2) is 69.8 Å². The van der Waals surface area contributed by atoms with E-state index in [1.54, 1.807) is 18.2 Å². The molecular formula is C34H36FN7O3. The summed E-state index contributed by atoms with van der Waals surface area (Å²) >= 11 is 0. The van der Waals surface area contributed by atoms with Gasteiger partial charge < -0.3 is 24.3 Å². The van der Waals surface area contributed by atoms with Gasteiger partial charge in [-0.1, -0.05) is 12.1 Å². The predicted molar refractivity (Wildman–Crippen MR) is 166 cm³/mol. The third-order valence-electron chi connectivity index (χ3n) is 9.17. The fourth-order valence-corrected chi connectivity index (χ4v) is 6.66. The van der Waals surface area contributed by atoms with Crippen molar-refractivity contribution in [2.75, 3.05) is 31.1 Å². The lowest BCUT2D eigenvalue weighted by Gasteiger charge is -2.33. The number of rotatable bonds is 10. The molecule has 0 aliphatic carbocycles. The summed E-state index contributed by atoms with van der Waals surface area (Å²) in [7, 11) is 0. The molecule has 0 radical (unpaired) electrons. The van der Waals surface area contributed by atoms with Crippen LogP contribution in [0.15, 0.2) is 54.6 Å². The number of nitrogens with zero attached hydrogens (tertiary/aromatic N) is 6. The van der Waals surface area contributed by atoms with Crippen molar-refractivity contribution in [2.45, 2.75) is 64.1 Å². The van der Waals surface area contributed by atoms with Gasteiger partial charge in [-0.3, -0.25) is 9.69 Å². The molecule has 10 nitrogen and oxygen atoms in total. The van der Waals surface area contributed by atoms with Gasteiger partial charge in [0.2, 0.25) is 5.88 Å². The number of carbonyl (C=O) groups is 1. The van der Waals surface area contributed by atoms with Crippen molar-refractivity contribution >= 4 is 22.8 Å². The van der Waals surface area contributed by atoms with E-state index in [0.29, 0.717) is 35.6 Å². The topological polar surface area (TPSA) is 109 Å². The van der Waals surface area contributed by atoms with E-state index in [9.17, 15) is 9.18 Å². The van der Waals surface area contributed by atoms with E-state index in [-0.39, 0.29) is 24.2 Å². The summed E-state index contributed by atoms with van der Waals surface area (Å²) in [4.78, 5) is 27.3. The lowest BCUT2D eigenvalue weighted by atomic mass is 10.0. The summed E-state index contributed by atoms with van der Waals surface area (Å²) in [5.74, 6) is 1.75.